The van der Waals surface area contributed by atoms with Crippen LogP contribution in [0.15, 0.2) is 58.1 Å². The van der Waals surface area contributed by atoms with Crippen LogP contribution in [-0.2, 0) is 0 Å². The van der Waals surface area contributed by atoms with Crippen LogP contribution in [0.4, 0.5) is 4.39 Å². The van der Waals surface area contributed by atoms with E-state index in [1.807, 2.05) is 0 Å². The standard InChI is InChI=1S/C19H15BrFN5O3/c1-22-18(28)17-19(29-11-16(27)13-4-6-14(20)7-5-13)26(25-24-17)23-10-12-2-8-15(21)9-3-12/h2-10H,11H2,1H3,(H,22,28). The first kappa shape index (κ1) is 20.3. The predicted molar refractivity (Wildman–Crippen MR) is 107 cm³/mol. The van der Waals surface area contributed by atoms with Crippen molar-refractivity contribution >= 4 is 33.8 Å². The summed E-state index contributed by atoms with van der Waals surface area (Å²) in [6.07, 6.45) is 1.39. The van der Waals surface area contributed by atoms with Gasteiger partial charge in [0.2, 0.25) is 5.69 Å². The van der Waals surface area contributed by atoms with Gasteiger partial charge in [0, 0.05) is 17.1 Å². The number of halogens is 2. The summed E-state index contributed by atoms with van der Waals surface area (Å²) >= 11 is 3.30. The van der Waals surface area contributed by atoms with Gasteiger partial charge >= 0.3 is 0 Å². The molecule has 2 aromatic carbocycles. The Bertz CT molecular complexity index is 1050. The van der Waals surface area contributed by atoms with E-state index in [-0.39, 0.29) is 29.8 Å². The minimum Gasteiger partial charge on any atom is -0.466 e. The average molecular weight is 460 g/mol. The molecule has 0 saturated carbocycles. The molecule has 1 heterocycles. The second-order valence-corrected chi connectivity index (χ2v) is 6.64. The van der Waals surface area contributed by atoms with E-state index in [4.69, 9.17) is 4.74 Å². The molecule has 0 saturated heterocycles. The zero-order valence-electron chi connectivity index (χ0n) is 15.2. The fraction of sp³-hybridized carbons (Fsp3) is 0.105. The number of rotatable bonds is 7. The normalized spacial score (nSPS) is 10.9. The number of hydrogen-bond donors (Lipinski definition) is 1. The molecule has 0 aliphatic rings. The number of benzene rings is 2. The number of hydrogen-bond acceptors (Lipinski definition) is 6. The maximum Gasteiger partial charge on any atom is 0.277 e. The van der Waals surface area contributed by atoms with Crippen LogP contribution in [0, 0.1) is 5.82 Å². The van der Waals surface area contributed by atoms with Crippen molar-refractivity contribution in [3.8, 4) is 5.88 Å². The summed E-state index contributed by atoms with van der Waals surface area (Å²) in [5, 5.41) is 14.0. The van der Waals surface area contributed by atoms with Gasteiger partial charge in [-0.15, -0.1) is 5.10 Å². The van der Waals surface area contributed by atoms with Gasteiger partial charge in [0.05, 0.1) is 6.21 Å². The highest BCUT2D eigenvalue weighted by Crippen LogP contribution is 2.17. The molecule has 0 aliphatic heterocycles. The summed E-state index contributed by atoms with van der Waals surface area (Å²) in [5.41, 5.74) is 0.927. The first-order valence-corrected chi connectivity index (χ1v) is 9.16. The van der Waals surface area contributed by atoms with E-state index in [2.05, 4.69) is 36.7 Å². The molecule has 29 heavy (non-hydrogen) atoms. The molecule has 0 fully saturated rings. The molecule has 1 aromatic heterocycles. The molecule has 1 amide bonds. The van der Waals surface area contributed by atoms with Crippen molar-refractivity contribution in [3.05, 3.63) is 75.6 Å². The lowest BCUT2D eigenvalue weighted by atomic mass is 10.1. The van der Waals surface area contributed by atoms with Crippen molar-refractivity contribution in [3.63, 3.8) is 0 Å². The smallest absolute Gasteiger partial charge is 0.277 e. The topological polar surface area (TPSA) is 98.5 Å². The minimum absolute atomic E-state index is 0.0897. The van der Waals surface area contributed by atoms with Crippen LogP contribution in [0.25, 0.3) is 0 Å². The van der Waals surface area contributed by atoms with E-state index in [0.29, 0.717) is 11.1 Å². The minimum atomic E-state index is -0.542. The van der Waals surface area contributed by atoms with Gasteiger partial charge in [-0.2, -0.15) is 5.10 Å². The molecule has 8 nitrogen and oxygen atoms in total. The molecule has 3 aromatic rings. The number of ether oxygens (including phenoxy) is 1. The first-order chi connectivity index (χ1) is 14.0. The van der Waals surface area contributed by atoms with E-state index >= 15 is 0 Å². The van der Waals surface area contributed by atoms with E-state index in [1.54, 1.807) is 24.3 Å². The summed E-state index contributed by atoms with van der Waals surface area (Å²) in [5.74, 6) is -1.30. The van der Waals surface area contributed by atoms with Crippen molar-refractivity contribution < 1.29 is 18.7 Å². The number of nitrogens with one attached hydrogen (secondary N) is 1. The quantitative estimate of drug-likeness (QED) is 0.432. The lowest BCUT2D eigenvalue weighted by Crippen LogP contribution is -2.21. The molecule has 0 spiro atoms. The van der Waals surface area contributed by atoms with Crippen molar-refractivity contribution in [2.75, 3.05) is 13.7 Å². The van der Waals surface area contributed by atoms with Gasteiger partial charge in [0.1, 0.15) is 5.82 Å². The van der Waals surface area contributed by atoms with Gasteiger partial charge in [-0.05, 0) is 35.0 Å². The highest BCUT2D eigenvalue weighted by molar-refractivity contribution is 9.10. The van der Waals surface area contributed by atoms with Crippen LogP contribution < -0.4 is 10.1 Å². The molecule has 10 heteroatoms. The Morgan fingerprint density at radius 1 is 1.21 bits per heavy atom. The Morgan fingerprint density at radius 3 is 2.55 bits per heavy atom. The zero-order valence-corrected chi connectivity index (χ0v) is 16.8. The highest BCUT2D eigenvalue weighted by Gasteiger charge is 2.21. The SMILES string of the molecule is CNC(=O)c1nnn(N=Cc2ccc(F)cc2)c1OCC(=O)c1ccc(Br)cc1. The monoisotopic (exact) mass is 459 g/mol. The van der Waals surface area contributed by atoms with Gasteiger partial charge in [0.15, 0.2) is 12.4 Å². The second kappa shape index (κ2) is 9.20. The summed E-state index contributed by atoms with van der Waals surface area (Å²) in [7, 11) is 1.43. The van der Waals surface area contributed by atoms with Gasteiger partial charge in [-0.1, -0.05) is 45.0 Å². The molecular weight excluding hydrogens is 445 g/mol. The van der Waals surface area contributed by atoms with Crippen LogP contribution >= 0.6 is 15.9 Å². The van der Waals surface area contributed by atoms with Gasteiger partial charge in [-0.25, -0.2) is 4.39 Å². The highest BCUT2D eigenvalue weighted by atomic mass is 79.9. The van der Waals surface area contributed by atoms with E-state index in [0.717, 1.165) is 9.26 Å². The molecule has 0 bridgehead atoms. The predicted octanol–water partition coefficient (Wildman–Crippen LogP) is 2.68. The number of nitrogens with zero attached hydrogens (tertiary/aromatic N) is 4. The first-order valence-electron chi connectivity index (χ1n) is 8.37. The van der Waals surface area contributed by atoms with E-state index in [1.165, 1.54) is 37.5 Å². The number of aromatic nitrogens is 3. The number of amides is 1. The van der Waals surface area contributed by atoms with Crippen LogP contribution in [0.5, 0.6) is 5.88 Å². The Hall–Kier alpha value is -3.40. The number of ketones is 1. The third-order valence-electron chi connectivity index (χ3n) is 3.75. The number of Topliss-reactive ketones (excluding diaryl/α,β-unsaturated/α-hetero) is 1. The summed E-state index contributed by atoms with van der Waals surface area (Å²) < 4.78 is 19.4. The Labute approximate surface area is 173 Å². The number of carbonyl (C=O) groups excluding carboxylic acids is 2. The van der Waals surface area contributed by atoms with Gasteiger partial charge in [-0.3, -0.25) is 9.59 Å². The maximum atomic E-state index is 13.0. The van der Waals surface area contributed by atoms with Crippen molar-refractivity contribution in [2.45, 2.75) is 0 Å². The number of carbonyl (C=O) groups is 2. The van der Waals surface area contributed by atoms with Crippen LogP contribution in [0.3, 0.4) is 0 Å². The third kappa shape index (κ3) is 5.11. The fourth-order valence-electron chi connectivity index (χ4n) is 2.25. The Kier molecular flexibility index (Phi) is 6.45. The molecule has 148 valence electrons. The van der Waals surface area contributed by atoms with Gasteiger partial charge in [0.25, 0.3) is 11.8 Å². The van der Waals surface area contributed by atoms with Crippen LogP contribution in [0.1, 0.15) is 26.4 Å². The maximum absolute atomic E-state index is 13.0. The van der Waals surface area contributed by atoms with Crippen LogP contribution in [0.2, 0.25) is 0 Å². The van der Waals surface area contributed by atoms with E-state index in [9.17, 15) is 14.0 Å². The Morgan fingerprint density at radius 2 is 1.90 bits per heavy atom. The second-order valence-electron chi connectivity index (χ2n) is 5.73. The molecular formula is C19H15BrFN5O3. The van der Waals surface area contributed by atoms with E-state index < -0.39 is 5.91 Å². The zero-order chi connectivity index (χ0) is 20.8. The molecule has 0 radical (unpaired) electrons. The molecule has 1 N–H and O–H groups in total. The van der Waals surface area contributed by atoms with Crippen molar-refractivity contribution in [2.24, 2.45) is 5.10 Å². The largest absolute Gasteiger partial charge is 0.466 e. The van der Waals surface area contributed by atoms with Crippen LogP contribution in [-0.4, -0.2) is 46.7 Å². The fourth-order valence-corrected chi connectivity index (χ4v) is 2.52. The molecule has 0 unspecified atom stereocenters. The third-order valence-corrected chi connectivity index (χ3v) is 4.28. The van der Waals surface area contributed by atoms with Crippen molar-refractivity contribution in [1.29, 1.82) is 0 Å². The summed E-state index contributed by atoms with van der Waals surface area (Å²) in [6, 6.07) is 12.4. The Balaban J connectivity index is 1.82. The van der Waals surface area contributed by atoms with Crippen molar-refractivity contribution in [1.82, 2.24) is 20.4 Å². The molecule has 3 rings (SSSR count). The molecule has 0 atom stereocenters. The van der Waals surface area contributed by atoms with Gasteiger partial charge < -0.3 is 10.1 Å². The lowest BCUT2D eigenvalue weighted by Gasteiger charge is -2.06. The summed E-state index contributed by atoms with van der Waals surface area (Å²) in [6.45, 7) is -0.342. The molecule has 0 aliphatic carbocycles. The average Bonchev–Trinajstić information content (AvgIpc) is 3.14. The summed E-state index contributed by atoms with van der Waals surface area (Å²) in [4.78, 5) is 25.4. The lowest BCUT2D eigenvalue weighted by molar-refractivity contribution is 0.0898.